The summed E-state index contributed by atoms with van der Waals surface area (Å²) in [5.41, 5.74) is 1.25. The number of carbonyl (C=O) groups excluding carboxylic acids is 3. The van der Waals surface area contributed by atoms with Crippen molar-refractivity contribution in [2.45, 2.75) is 95.9 Å². The smallest absolute Gasteiger partial charge is 0.338 e. The van der Waals surface area contributed by atoms with E-state index in [1.54, 1.807) is 36.4 Å². The van der Waals surface area contributed by atoms with Gasteiger partial charge in [0.25, 0.3) is 0 Å². The summed E-state index contributed by atoms with van der Waals surface area (Å²) in [6.45, 7) is 2.54. The average molecular weight is 595 g/mol. The van der Waals surface area contributed by atoms with Gasteiger partial charge in [0.15, 0.2) is 11.5 Å². The molecule has 234 valence electrons. The Morgan fingerprint density at radius 1 is 0.977 bits per heavy atom. The minimum atomic E-state index is -0.590. The molecule has 9 heteroatoms. The van der Waals surface area contributed by atoms with Crippen LogP contribution in [0.5, 0.6) is 11.5 Å². The average Bonchev–Trinajstić information content (AvgIpc) is 3.24. The van der Waals surface area contributed by atoms with Gasteiger partial charge in [-0.3, -0.25) is 14.5 Å². The molecule has 0 spiro atoms. The summed E-state index contributed by atoms with van der Waals surface area (Å²) in [6, 6.07) is 13.9. The molecule has 0 aliphatic carbocycles. The van der Waals surface area contributed by atoms with Crippen LogP contribution in [-0.4, -0.2) is 66.3 Å². The predicted molar refractivity (Wildman–Crippen MR) is 163 cm³/mol. The Balaban J connectivity index is 1.24. The number of esters is 2. The predicted octanol–water partition coefficient (Wildman–Crippen LogP) is 5.39. The first kappa shape index (κ1) is 32.3. The first-order chi connectivity index (χ1) is 20.9. The zero-order chi connectivity index (χ0) is 30.6. The third kappa shape index (κ3) is 9.20. The van der Waals surface area contributed by atoms with Gasteiger partial charge in [-0.05, 0) is 56.1 Å². The molecule has 9 nitrogen and oxygen atoms in total. The van der Waals surface area contributed by atoms with Gasteiger partial charge in [0, 0.05) is 31.5 Å². The van der Waals surface area contributed by atoms with Crippen LogP contribution in [0.25, 0.3) is 0 Å². The number of hydrogen-bond donors (Lipinski definition) is 2. The summed E-state index contributed by atoms with van der Waals surface area (Å²) in [7, 11) is 2.01. The van der Waals surface area contributed by atoms with E-state index in [-0.39, 0.29) is 42.7 Å². The van der Waals surface area contributed by atoms with E-state index in [9.17, 15) is 19.5 Å². The van der Waals surface area contributed by atoms with Crippen molar-refractivity contribution in [3.05, 3.63) is 59.7 Å². The number of piperidine rings is 1. The molecule has 2 aromatic rings. The number of phenolic OH excluding ortho intramolecular Hbond substituents is 1. The Bertz CT molecular complexity index is 1200. The van der Waals surface area contributed by atoms with Crippen LogP contribution in [0.1, 0.15) is 87.1 Å². The zero-order valence-electron chi connectivity index (χ0n) is 25.5. The lowest BCUT2D eigenvalue weighted by Crippen LogP contribution is -2.53. The Labute approximate surface area is 254 Å². The number of phenols is 1. The van der Waals surface area contributed by atoms with Gasteiger partial charge in [0.05, 0.1) is 5.56 Å². The second-order valence-electron chi connectivity index (χ2n) is 11.6. The summed E-state index contributed by atoms with van der Waals surface area (Å²) in [6.07, 6.45) is 9.08. The standard InChI is InChI=1S/C34H46N2O7/c1-3-4-5-6-7-11-14-31(38)35-23-24-15-18-28(37)29(21-24)41-19-20-42-34(40)32-27-17-16-26(36(27)2)22-30(32)43-33(39)25-12-9-8-10-13-25/h8-10,12-13,15,18,21,26-27,30,32,37H,3-7,11,14,16-17,19-20,22-23H2,1-2H3,(H,35,38)/t26-,27-,30?,32?/m1/s1. The van der Waals surface area contributed by atoms with E-state index in [1.807, 2.05) is 13.1 Å². The first-order valence-corrected chi connectivity index (χ1v) is 15.7. The zero-order valence-corrected chi connectivity index (χ0v) is 25.5. The number of amides is 1. The van der Waals surface area contributed by atoms with Crippen molar-refractivity contribution in [2.75, 3.05) is 20.3 Å². The molecule has 2 unspecified atom stereocenters. The molecular formula is C34H46N2O7. The van der Waals surface area contributed by atoms with Crippen molar-refractivity contribution >= 4 is 17.8 Å². The van der Waals surface area contributed by atoms with Crippen molar-refractivity contribution in [3.8, 4) is 11.5 Å². The van der Waals surface area contributed by atoms with Crippen LogP contribution in [0, 0.1) is 5.92 Å². The van der Waals surface area contributed by atoms with Crippen LogP contribution in [-0.2, 0) is 25.6 Å². The van der Waals surface area contributed by atoms with E-state index < -0.39 is 24.0 Å². The highest BCUT2D eigenvalue weighted by Gasteiger charge is 2.51. The number of unbranched alkanes of at least 4 members (excludes halogenated alkanes) is 5. The van der Waals surface area contributed by atoms with Crippen LogP contribution in [0.4, 0.5) is 0 Å². The number of nitrogens with zero attached hydrogens (tertiary/aromatic N) is 1. The van der Waals surface area contributed by atoms with E-state index in [1.165, 1.54) is 25.3 Å². The number of benzene rings is 2. The number of carbonyl (C=O) groups is 3. The van der Waals surface area contributed by atoms with Crippen molar-refractivity contribution in [1.29, 1.82) is 0 Å². The van der Waals surface area contributed by atoms with Gasteiger partial charge in [0.1, 0.15) is 25.2 Å². The van der Waals surface area contributed by atoms with Crippen LogP contribution in [0.15, 0.2) is 48.5 Å². The minimum absolute atomic E-state index is 0.00707. The van der Waals surface area contributed by atoms with Crippen molar-refractivity contribution in [1.82, 2.24) is 10.2 Å². The van der Waals surface area contributed by atoms with Crippen molar-refractivity contribution in [3.63, 3.8) is 0 Å². The molecule has 1 amide bonds. The quantitative estimate of drug-likeness (QED) is 0.196. The third-order valence-electron chi connectivity index (χ3n) is 8.61. The largest absolute Gasteiger partial charge is 0.504 e. The SMILES string of the molecule is CCCCCCCCC(=O)NCc1ccc(O)c(OCCOC(=O)C2C(OC(=O)c3ccccc3)C[C@H]3CC[C@H]2N3C)c1. The summed E-state index contributed by atoms with van der Waals surface area (Å²) in [4.78, 5) is 40.5. The first-order valence-electron chi connectivity index (χ1n) is 15.7. The van der Waals surface area contributed by atoms with E-state index in [0.29, 0.717) is 24.9 Å². The molecule has 4 rings (SSSR count). The topological polar surface area (TPSA) is 114 Å². The van der Waals surface area contributed by atoms with Crippen molar-refractivity contribution < 1.29 is 33.7 Å². The lowest BCUT2D eigenvalue weighted by Gasteiger charge is -2.40. The molecule has 4 atom stereocenters. The second-order valence-corrected chi connectivity index (χ2v) is 11.6. The molecule has 2 saturated heterocycles. The number of hydrogen-bond acceptors (Lipinski definition) is 8. The molecule has 0 aromatic heterocycles. The van der Waals surface area contributed by atoms with E-state index >= 15 is 0 Å². The Morgan fingerprint density at radius 2 is 1.74 bits per heavy atom. The highest BCUT2D eigenvalue weighted by molar-refractivity contribution is 5.89. The normalized spacial score (nSPS) is 21.3. The maximum atomic E-state index is 13.3. The summed E-state index contributed by atoms with van der Waals surface area (Å²) in [5, 5.41) is 13.2. The Kier molecular flexibility index (Phi) is 12.3. The number of aromatic hydroxyl groups is 1. The van der Waals surface area contributed by atoms with Crippen LogP contribution in [0.3, 0.4) is 0 Å². The fraction of sp³-hybridized carbons (Fsp3) is 0.559. The van der Waals surface area contributed by atoms with Crippen LogP contribution < -0.4 is 10.1 Å². The molecule has 2 aliphatic rings. The fourth-order valence-electron chi connectivity index (χ4n) is 6.16. The molecule has 2 N–H and O–H groups in total. The highest BCUT2D eigenvalue weighted by atomic mass is 16.6. The summed E-state index contributed by atoms with van der Waals surface area (Å²) < 4.78 is 17.2. The molecule has 0 saturated carbocycles. The summed E-state index contributed by atoms with van der Waals surface area (Å²) >= 11 is 0. The second kappa shape index (κ2) is 16.3. The van der Waals surface area contributed by atoms with Crippen LogP contribution >= 0.6 is 0 Å². The summed E-state index contributed by atoms with van der Waals surface area (Å²) in [5.74, 6) is -1.22. The molecule has 2 bridgehead atoms. The van der Waals surface area contributed by atoms with Gasteiger partial charge in [0.2, 0.25) is 5.91 Å². The number of rotatable bonds is 16. The van der Waals surface area contributed by atoms with Gasteiger partial charge in [-0.1, -0.05) is 63.3 Å². The lowest BCUT2D eigenvalue weighted by atomic mass is 9.87. The van der Waals surface area contributed by atoms with E-state index in [0.717, 1.165) is 37.7 Å². The number of fused-ring (bicyclic) bond motifs is 2. The minimum Gasteiger partial charge on any atom is -0.504 e. The van der Waals surface area contributed by atoms with Crippen molar-refractivity contribution in [2.24, 2.45) is 5.92 Å². The van der Waals surface area contributed by atoms with Gasteiger partial charge < -0.3 is 24.6 Å². The Morgan fingerprint density at radius 3 is 2.53 bits per heavy atom. The molecule has 2 aromatic carbocycles. The van der Waals surface area contributed by atoms with Crippen LogP contribution in [0.2, 0.25) is 0 Å². The Hall–Kier alpha value is -3.59. The number of nitrogens with one attached hydrogen (secondary N) is 1. The molecule has 0 radical (unpaired) electrons. The number of ether oxygens (including phenoxy) is 3. The molecule has 2 aliphatic heterocycles. The van der Waals surface area contributed by atoms with Gasteiger partial charge in [-0.2, -0.15) is 0 Å². The molecule has 43 heavy (non-hydrogen) atoms. The molecular weight excluding hydrogens is 548 g/mol. The van der Waals surface area contributed by atoms with Gasteiger partial charge >= 0.3 is 11.9 Å². The highest BCUT2D eigenvalue weighted by Crippen LogP contribution is 2.40. The van der Waals surface area contributed by atoms with Gasteiger partial charge in [-0.25, -0.2) is 4.79 Å². The molecule has 2 heterocycles. The van der Waals surface area contributed by atoms with E-state index in [4.69, 9.17) is 14.2 Å². The fourth-order valence-corrected chi connectivity index (χ4v) is 6.16. The van der Waals surface area contributed by atoms with E-state index in [2.05, 4.69) is 17.1 Å². The monoisotopic (exact) mass is 594 g/mol. The maximum Gasteiger partial charge on any atom is 0.338 e. The van der Waals surface area contributed by atoms with Gasteiger partial charge in [-0.15, -0.1) is 0 Å². The molecule has 2 fully saturated rings. The maximum absolute atomic E-state index is 13.3. The lowest BCUT2D eigenvalue weighted by molar-refractivity contribution is -0.159. The third-order valence-corrected chi connectivity index (χ3v) is 8.61.